The first-order chi connectivity index (χ1) is 16.1. The normalized spacial score (nSPS) is 8.74. The number of halogens is 1. The number of carboxylic acids is 1. The minimum absolute atomic E-state index is 0. The predicted molar refractivity (Wildman–Crippen MR) is 143 cm³/mol. The van der Waals surface area contributed by atoms with E-state index in [1.807, 2.05) is 54.2 Å². The number of aromatic carboxylic acids is 1. The number of hydrogen-bond donors (Lipinski definition) is 1. The van der Waals surface area contributed by atoms with Gasteiger partial charge in [0.15, 0.2) is 0 Å². The Hall–Kier alpha value is -2.40. The molecule has 1 heterocycles. The molecule has 0 saturated heterocycles. The first kappa shape index (κ1) is 34.8. The van der Waals surface area contributed by atoms with Crippen LogP contribution in [0.5, 0.6) is 0 Å². The Morgan fingerprint density at radius 1 is 1.11 bits per heavy atom. The summed E-state index contributed by atoms with van der Waals surface area (Å²) in [6, 6.07) is 13.9. The minimum Gasteiger partial charge on any atom is -0.478 e. The van der Waals surface area contributed by atoms with E-state index in [1.165, 1.54) is 18.2 Å². The van der Waals surface area contributed by atoms with E-state index in [9.17, 15) is 9.59 Å². The fraction of sp³-hybridized carbons (Fsp3) is 0.269. The molecule has 0 atom stereocenters. The van der Waals surface area contributed by atoms with Gasteiger partial charge in [0.1, 0.15) is 0 Å². The van der Waals surface area contributed by atoms with Gasteiger partial charge < -0.3 is 14.5 Å². The number of aryl methyl sites for hydroxylation is 2. The van der Waals surface area contributed by atoms with Crippen molar-refractivity contribution in [2.75, 3.05) is 4.91 Å². The molecule has 183 valence electrons. The number of carbonyl (C=O) groups is 1. The van der Waals surface area contributed by atoms with Crippen LogP contribution in [0.2, 0.25) is 0 Å². The van der Waals surface area contributed by atoms with E-state index in [2.05, 4.69) is 23.4 Å². The molecular weight excluding hydrogens is 632 g/mol. The van der Waals surface area contributed by atoms with Crippen LogP contribution in [0.25, 0.3) is 0 Å². The molecule has 7 nitrogen and oxygen atoms in total. The van der Waals surface area contributed by atoms with Gasteiger partial charge >= 0.3 is 5.97 Å². The summed E-state index contributed by atoms with van der Waals surface area (Å²) < 4.78 is 8.25. The number of nitriles is 2. The third kappa shape index (κ3) is 15.3. The van der Waals surface area contributed by atoms with Crippen molar-refractivity contribution in [2.45, 2.75) is 41.2 Å². The average Bonchev–Trinajstić information content (AvgIpc) is 3.35. The molecule has 3 aromatic rings. The number of benzene rings is 2. The Kier molecular flexibility index (Phi) is 20.8. The Bertz CT molecular complexity index is 1140. The smallest absolute Gasteiger partial charge is 0.335 e. The van der Waals surface area contributed by atoms with Gasteiger partial charge in [0.05, 0.1) is 35.9 Å². The number of hydrogen-bond acceptors (Lipinski definition) is 5. The molecule has 35 heavy (non-hydrogen) atoms. The maximum Gasteiger partial charge on any atom is 0.335 e. The zero-order chi connectivity index (χ0) is 26.1. The number of alkyl halides is 1. The van der Waals surface area contributed by atoms with Crippen LogP contribution in [0.15, 0.2) is 55.1 Å². The van der Waals surface area contributed by atoms with Gasteiger partial charge in [-0.05, 0) is 55.0 Å². The molecule has 0 unspecified atom stereocenters. The molecule has 0 spiro atoms. The second kappa shape index (κ2) is 20.9. The van der Waals surface area contributed by atoms with Crippen molar-refractivity contribution in [2.24, 2.45) is 0 Å². The molecule has 9 heteroatoms. The van der Waals surface area contributed by atoms with Gasteiger partial charge in [0.2, 0.25) is 0 Å². The molecule has 0 aliphatic carbocycles. The summed E-state index contributed by atoms with van der Waals surface area (Å²) >= 11 is 1.96. The van der Waals surface area contributed by atoms with Crippen LogP contribution in [-0.4, -0.2) is 31.8 Å². The standard InChI is InChI=1S/C9H7NO2.C9H6NO.C6H10N2.CH3I.CH4.Y/c1-6-2-7(5-10)4-8(3-6)9(11)12;1-7-2-8(5-10)4-9(3-7)6-11;1-6(2)8-4-3-7-5-8;1-2;;/h2-4H,1H3,(H,11,12);2-4H,1H3;3-6H,1-2H3;1H3;1H4;/q;-1;;;;/i;;;1D;;. The second-order valence-electron chi connectivity index (χ2n) is 6.91. The summed E-state index contributed by atoms with van der Waals surface area (Å²) in [5, 5.41) is 25.6. The van der Waals surface area contributed by atoms with E-state index in [0.717, 1.165) is 11.1 Å². The number of nitrogens with zero attached hydrogens (tertiary/aromatic N) is 4. The summed E-state index contributed by atoms with van der Waals surface area (Å²) in [6.45, 7) is 7.85. The molecule has 3 rings (SSSR count). The van der Waals surface area contributed by atoms with Gasteiger partial charge in [-0.1, -0.05) is 43.0 Å². The first-order valence-corrected chi connectivity index (χ1v) is 11.1. The van der Waals surface area contributed by atoms with Crippen molar-refractivity contribution in [3.8, 4) is 12.1 Å². The molecule has 0 saturated carbocycles. The average molecular weight is 663 g/mol. The van der Waals surface area contributed by atoms with E-state index in [1.54, 1.807) is 37.6 Å². The van der Waals surface area contributed by atoms with Crippen LogP contribution in [0.1, 0.15) is 66.9 Å². The Morgan fingerprint density at radius 3 is 2.00 bits per heavy atom. The molecule has 0 aliphatic heterocycles. The second-order valence-corrected chi connectivity index (χ2v) is 6.91. The molecule has 0 fully saturated rings. The maximum atomic E-state index is 10.5. The number of carboxylic acid groups (broad SMARTS) is 1. The van der Waals surface area contributed by atoms with Crippen LogP contribution in [0.3, 0.4) is 0 Å². The largest absolute Gasteiger partial charge is 0.478 e. The molecule has 2 aromatic carbocycles. The summed E-state index contributed by atoms with van der Waals surface area (Å²) in [5.41, 5.74) is 3.16. The number of rotatable bonds is 3. The van der Waals surface area contributed by atoms with E-state index in [4.69, 9.17) is 17.0 Å². The summed E-state index contributed by atoms with van der Waals surface area (Å²) in [6.07, 6.45) is 7.32. The van der Waals surface area contributed by atoms with Gasteiger partial charge in [0, 0.05) is 52.5 Å². The molecule has 1 N–H and O–H groups in total. The molecule has 1 radical (unpaired) electrons. The molecule has 0 bridgehead atoms. The third-order valence-electron chi connectivity index (χ3n) is 3.90. The topological polar surface area (TPSA) is 120 Å². The van der Waals surface area contributed by atoms with Gasteiger partial charge in [-0.15, -0.1) is 17.2 Å². The van der Waals surface area contributed by atoms with Crippen molar-refractivity contribution < 1.29 is 48.8 Å². The van der Waals surface area contributed by atoms with Crippen LogP contribution >= 0.6 is 22.6 Å². The molecule has 1 aromatic heterocycles. The van der Waals surface area contributed by atoms with Gasteiger partial charge in [-0.25, -0.2) is 9.78 Å². The molecule has 0 amide bonds. The van der Waals surface area contributed by atoms with E-state index >= 15 is 0 Å². The Morgan fingerprint density at radius 2 is 1.63 bits per heavy atom. The van der Waals surface area contributed by atoms with Gasteiger partial charge in [-0.3, -0.25) is 0 Å². The van der Waals surface area contributed by atoms with E-state index < -0.39 is 5.97 Å². The summed E-state index contributed by atoms with van der Waals surface area (Å²) in [4.78, 5) is 25.1. The molecular formula is C26H30IN4O3Y-. The molecule has 0 aliphatic rings. The number of aromatic nitrogens is 2. The SMILES string of the molecule is C.CC(C)n1ccnc1.Cc1cc(C#N)cc(C(=O)O)c1.Cc1cc(C#N)cc([C-]=O)c1.[2H]CI.[Y]. The van der Waals surface area contributed by atoms with E-state index in [0.29, 0.717) is 27.6 Å². The van der Waals surface area contributed by atoms with Crippen molar-refractivity contribution >= 4 is 34.8 Å². The van der Waals surface area contributed by atoms with Crippen molar-refractivity contribution in [3.05, 3.63) is 88.5 Å². The number of imidazole rings is 1. The Labute approximate surface area is 248 Å². The summed E-state index contributed by atoms with van der Waals surface area (Å²) in [5.74, 6) is -1.00. The minimum atomic E-state index is -1.00. The maximum absolute atomic E-state index is 10.5. The van der Waals surface area contributed by atoms with Crippen LogP contribution in [-0.2, 0) is 37.5 Å². The monoisotopic (exact) mass is 663 g/mol. The fourth-order valence-corrected chi connectivity index (χ4v) is 2.45. The first-order valence-electron chi connectivity index (χ1n) is 10.3. The summed E-state index contributed by atoms with van der Waals surface area (Å²) in [7, 11) is 0. The fourth-order valence-electron chi connectivity index (χ4n) is 2.45. The van der Waals surface area contributed by atoms with Gasteiger partial charge in [0.25, 0.3) is 0 Å². The van der Waals surface area contributed by atoms with Crippen LogP contribution in [0.4, 0.5) is 0 Å². The van der Waals surface area contributed by atoms with Gasteiger partial charge in [-0.2, -0.15) is 16.6 Å². The third-order valence-corrected chi connectivity index (χ3v) is 3.90. The van der Waals surface area contributed by atoms with Crippen molar-refractivity contribution in [1.82, 2.24) is 9.55 Å². The van der Waals surface area contributed by atoms with Crippen molar-refractivity contribution in [1.29, 1.82) is 10.5 Å². The quantitative estimate of drug-likeness (QED) is 0.208. The van der Waals surface area contributed by atoms with Crippen LogP contribution in [0, 0.1) is 36.5 Å². The van der Waals surface area contributed by atoms with Crippen molar-refractivity contribution in [3.63, 3.8) is 0 Å². The Balaban J connectivity index is -0.000000424. The predicted octanol–water partition coefficient (Wildman–Crippen LogP) is 6.04. The van der Waals surface area contributed by atoms with Crippen LogP contribution < -0.4 is 0 Å². The van der Waals surface area contributed by atoms with E-state index in [-0.39, 0.29) is 45.7 Å². The zero-order valence-corrected chi connectivity index (χ0v) is 24.5. The zero-order valence-electron chi connectivity index (χ0n) is 20.5. The number of carbonyl (C=O) groups excluding carboxylic acids is 1.